The van der Waals surface area contributed by atoms with Crippen molar-refractivity contribution in [3.8, 4) is 0 Å². The van der Waals surface area contributed by atoms with Crippen LogP contribution in [-0.2, 0) is 28.7 Å². The van der Waals surface area contributed by atoms with E-state index in [4.69, 9.17) is 9.47 Å². The lowest BCUT2D eigenvalue weighted by Gasteiger charge is -2.38. The van der Waals surface area contributed by atoms with Crippen molar-refractivity contribution in [1.82, 2.24) is 16.0 Å². The topological polar surface area (TPSA) is 224 Å². The average molecular weight is 830 g/mol. The zero-order valence-electron chi connectivity index (χ0n) is 36.3. The molecule has 8 N–H and O–H groups in total. The van der Waals surface area contributed by atoms with Crippen LogP contribution in [0.3, 0.4) is 0 Å². The lowest BCUT2D eigenvalue weighted by atomic mass is 9.92. The Bertz CT molecular complexity index is 1060. The number of rotatable bonds is 37. The van der Waals surface area contributed by atoms with E-state index in [0.29, 0.717) is 12.8 Å². The van der Waals surface area contributed by atoms with E-state index >= 15 is 0 Å². The van der Waals surface area contributed by atoms with E-state index in [9.17, 15) is 44.7 Å². The van der Waals surface area contributed by atoms with E-state index in [1.807, 2.05) is 0 Å². The number of unbranched alkanes of at least 4 members (excludes halogenated alkanes) is 22. The molecule has 0 aromatic heterocycles. The van der Waals surface area contributed by atoms with Crippen molar-refractivity contribution in [2.24, 2.45) is 5.92 Å². The van der Waals surface area contributed by atoms with Crippen LogP contribution in [0.15, 0.2) is 0 Å². The second-order valence-corrected chi connectivity index (χ2v) is 16.4. The van der Waals surface area contributed by atoms with E-state index in [1.165, 1.54) is 110 Å². The van der Waals surface area contributed by atoms with Gasteiger partial charge in [-0.2, -0.15) is 0 Å². The number of nitrogens with one attached hydrogen (secondary N) is 3. The molecule has 1 aliphatic rings. The molecule has 0 radical (unpaired) electrons. The highest BCUT2D eigenvalue weighted by molar-refractivity contribution is 5.92. The minimum Gasteiger partial charge on any atom is -0.481 e. The summed E-state index contributed by atoms with van der Waals surface area (Å²) in [6.45, 7) is 3.88. The summed E-state index contributed by atoms with van der Waals surface area (Å²) in [5, 5.41) is 57.4. The van der Waals surface area contributed by atoms with Crippen molar-refractivity contribution in [1.29, 1.82) is 0 Å². The van der Waals surface area contributed by atoms with Gasteiger partial charge in [0.25, 0.3) is 0 Å². The highest BCUT2D eigenvalue weighted by Gasteiger charge is 2.44. The molecule has 1 fully saturated rings. The van der Waals surface area contributed by atoms with Crippen LogP contribution < -0.4 is 16.0 Å². The van der Waals surface area contributed by atoms with E-state index in [0.717, 1.165) is 51.4 Å². The lowest BCUT2D eigenvalue weighted by Crippen LogP contribution is -2.60. The number of aliphatic hydroxyl groups is 4. The van der Waals surface area contributed by atoms with Gasteiger partial charge in [0.05, 0.1) is 6.61 Å². The molecule has 0 spiro atoms. The van der Waals surface area contributed by atoms with E-state index in [-0.39, 0.29) is 12.3 Å². The summed E-state index contributed by atoms with van der Waals surface area (Å²) in [4.78, 5) is 51.5. The van der Waals surface area contributed by atoms with Crippen molar-refractivity contribution in [2.45, 2.75) is 237 Å². The maximum Gasteiger partial charge on any atom is 0.303 e. The quantitative estimate of drug-likeness (QED) is 0.0332. The number of carboxylic acids is 1. The molecule has 0 saturated carbocycles. The van der Waals surface area contributed by atoms with Crippen LogP contribution in [-0.4, -0.2) is 106 Å². The van der Waals surface area contributed by atoms with Gasteiger partial charge in [-0.15, -0.1) is 0 Å². The van der Waals surface area contributed by atoms with Crippen molar-refractivity contribution in [3.63, 3.8) is 0 Å². The Morgan fingerprint density at radius 2 is 0.948 bits per heavy atom. The van der Waals surface area contributed by atoms with Gasteiger partial charge in [-0.05, 0) is 19.3 Å². The van der Waals surface area contributed by atoms with Gasteiger partial charge >= 0.3 is 5.97 Å². The standard InChI is InChI=1S/C44H83N3O11/c1-4-6-8-10-12-14-16-18-20-22-24-26-28-33(29-27-25-23-21-19-17-15-13-11-9-7-5-2)40(53)47-35(32-57-44-39(52)37(50)38(51)43(56)58-44)42(55)46-34(41(54)45-3)30-31-36(48)49/h33-35,37-39,43-44,50-52,56H,4-32H2,1-3H3,(H,45,54)(H,46,55)(H,47,53)(H,48,49)/t34-,35+,37+,38+,39+,43-,44-/m1/s1. The molecule has 0 aromatic rings. The van der Waals surface area contributed by atoms with Crippen LogP contribution in [0.25, 0.3) is 0 Å². The minimum absolute atomic E-state index is 0.205. The number of aliphatic hydroxyl groups excluding tert-OH is 4. The first kappa shape index (κ1) is 53.7. The first-order valence-corrected chi connectivity index (χ1v) is 23.0. The third kappa shape index (κ3) is 24.7. The molecule has 0 bridgehead atoms. The minimum atomic E-state index is -1.88. The summed E-state index contributed by atoms with van der Waals surface area (Å²) in [6, 6.07) is -2.63. The second-order valence-electron chi connectivity index (χ2n) is 16.4. The summed E-state index contributed by atoms with van der Waals surface area (Å²) in [6.07, 6.45) is 20.5. The first-order chi connectivity index (χ1) is 28.0. The van der Waals surface area contributed by atoms with E-state index < -0.39 is 79.7 Å². The van der Waals surface area contributed by atoms with Crippen molar-refractivity contribution >= 4 is 23.7 Å². The smallest absolute Gasteiger partial charge is 0.303 e. The zero-order chi connectivity index (χ0) is 43.0. The molecule has 0 aliphatic carbocycles. The van der Waals surface area contributed by atoms with Crippen LogP contribution in [0, 0.1) is 5.92 Å². The molecule has 14 nitrogen and oxygen atoms in total. The molecule has 340 valence electrons. The molecule has 1 aliphatic heterocycles. The number of hydrogen-bond donors (Lipinski definition) is 8. The van der Waals surface area contributed by atoms with Gasteiger partial charge in [0.2, 0.25) is 17.7 Å². The number of carbonyl (C=O) groups excluding carboxylic acids is 3. The third-order valence-corrected chi connectivity index (χ3v) is 11.3. The van der Waals surface area contributed by atoms with Gasteiger partial charge in [-0.3, -0.25) is 19.2 Å². The predicted octanol–water partition coefficient (Wildman–Crippen LogP) is 6.14. The van der Waals surface area contributed by atoms with Gasteiger partial charge in [0.15, 0.2) is 12.6 Å². The summed E-state index contributed by atoms with van der Waals surface area (Å²) in [5.74, 6) is -3.36. The zero-order valence-corrected chi connectivity index (χ0v) is 36.3. The van der Waals surface area contributed by atoms with Crippen LogP contribution in [0.4, 0.5) is 0 Å². The number of amides is 3. The summed E-state index contributed by atoms with van der Waals surface area (Å²) < 4.78 is 10.7. The Labute approximate surface area is 349 Å². The Morgan fingerprint density at radius 1 is 0.534 bits per heavy atom. The Morgan fingerprint density at radius 3 is 1.36 bits per heavy atom. The van der Waals surface area contributed by atoms with Gasteiger partial charge < -0.3 is 51.0 Å². The van der Waals surface area contributed by atoms with E-state index in [1.54, 1.807) is 0 Å². The summed E-state index contributed by atoms with van der Waals surface area (Å²) >= 11 is 0. The van der Waals surface area contributed by atoms with E-state index in [2.05, 4.69) is 29.8 Å². The molecule has 1 heterocycles. The molecule has 1 saturated heterocycles. The van der Waals surface area contributed by atoms with Gasteiger partial charge in [-0.25, -0.2) is 0 Å². The van der Waals surface area contributed by atoms with Crippen molar-refractivity contribution < 1.29 is 54.2 Å². The Hall–Kier alpha value is -2.36. The fraction of sp³-hybridized carbons (Fsp3) is 0.909. The number of carbonyl (C=O) groups is 4. The molecule has 1 rings (SSSR count). The fourth-order valence-corrected chi connectivity index (χ4v) is 7.48. The fourth-order valence-electron chi connectivity index (χ4n) is 7.48. The summed E-state index contributed by atoms with van der Waals surface area (Å²) in [7, 11) is 1.35. The lowest BCUT2D eigenvalue weighted by molar-refractivity contribution is -0.340. The van der Waals surface area contributed by atoms with Crippen molar-refractivity contribution in [2.75, 3.05) is 13.7 Å². The number of ether oxygens (including phenoxy) is 2. The SMILES string of the molecule is CCCCCCCCCCCCCCC(CCCCCCCCCCCCCC)C(=O)N[C@@H](CO[C@@H]1O[C@@H](O)[C@@H](O)[C@H](O)[C@@H]1O)C(=O)N[C@H](CCC(=O)O)C(=O)NC. The van der Waals surface area contributed by atoms with Gasteiger partial charge in [-0.1, -0.05) is 168 Å². The Kier molecular flexibility index (Phi) is 31.8. The average Bonchev–Trinajstić information content (AvgIpc) is 3.21. The molecule has 14 heteroatoms. The first-order valence-electron chi connectivity index (χ1n) is 23.0. The highest BCUT2D eigenvalue weighted by Crippen LogP contribution is 2.23. The normalized spacial score (nSPS) is 20.4. The van der Waals surface area contributed by atoms with Crippen LogP contribution in [0.1, 0.15) is 194 Å². The monoisotopic (exact) mass is 830 g/mol. The number of aliphatic carboxylic acids is 1. The number of likely N-dealkylation sites (N-methyl/N-ethyl adjacent to an activating group) is 1. The van der Waals surface area contributed by atoms with Crippen LogP contribution in [0.2, 0.25) is 0 Å². The largest absolute Gasteiger partial charge is 0.481 e. The van der Waals surface area contributed by atoms with Gasteiger partial charge in [0.1, 0.15) is 30.4 Å². The van der Waals surface area contributed by atoms with Crippen LogP contribution >= 0.6 is 0 Å². The third-order valence-electron chi connectivity index (χ3n) is 11.3. The molecule has 0 aromatic carbocycles. The number of carboxylic acid groups (broad SMARTS) is 1. The molecule has 7 atom stereocenters. The van der Waals surface area contributed by atoms with Crippen LogP contribution in [0.5, 0.6) is 0 Å². The maximum absolute atomic E-state index is 14.0. The number of hydrogen-bond acceptors (Lipinski definition) is 10. The highest BCUT2D eigenvalue weighted by atomic mass is 16.7. The van der Waals surface area contributed by atoms with Crippen molar-refractivity contribution in [3.05, 3.63) is 0 Å². The van der Waals surface area contributed by atoms with Gasteiger partial charge in [0, 0.05) is 19.4 Å². The maximum atomic E-state index is 14.0. The molecule has 58 heavy (non-hydrogen) atoms. The molecule has 0 unspecified atom stereocenters. The second kappa shape index (κ2) is 34.4. The summed E-state index contributed by atoms with van der Waals surface area (Å²) in [5.41, 5.74) is 0. The Balaban J connectivity index is 2.93. The predicted molar refractivity (Wildman–Crippen MR) is 225 cm³/mol. The molecular weight excluding hydrogens is 746 g/mol. The molecule has 3 amide bonds. The molecular formula is C44H83N3O11.